The van der Waals surface area contributed by atoms with Crippen molar-refractivity contribution in [3.63, 3.8) is 0 Å². The van der Waals surface area contributed by atoms with E-state index in [0.717, 1.165) is 19.3 Å². The Bertz CT molecular complexity index is 1520. The highest BCUT2D eigenvalue weighted by Crippen LogP contribution is 2.52. The maximum Gasteiger partial charge on any atom is 0.202 e. The predicted molar refractivity (Wildman–Crippen MR) is 154 cm³/mol. The van der Waals surface area contributed by atoms with Gasteiger partial charge in [0.15, 0.2) is 24.1 Å². The quantitative estimate of drug-likeness (QED) is 0.236. The van der Waals surface area contributed by atoms with E-state index in [4.69, 9.17) is 29.4 Å². The summed E-state index contributed by atoms with van der Waals surface area (Å²) in [6, 6.07) is 3.86. The lowest BCUT2D eigenvalue weighted by atomic mass is 9.72. The molecule has 2 aromatic rings. The molecule has 13 heteroatoms. The summed E-state index contributed by atoms with van der Waals surface area (Å²) in [5, 5.41) is 44.2. The Morgan fingerprint density at radius 2 is 1.82 bits per heavy atom. The summed E-state index contributed by atoms with van der Waals surface area (Å²) in [6.45, 7) is 1.35. The van der Waals surface area contributed by atoms with Crippen LogP contribution >= 0.6 is 0 Å². The molecule has 0 amide bonds. The van der Waals surface area contributed by atoms with E-state index in [1.165, 1.54) is 25.3 Å². The minimum absolute atomic E-state index is 0.0409. The highest BCUT2D eigenvalue weighted by atomic mass is 16.7. The van der Waals surface area contributed by atoms with Crippen LogP contribution in [-0.4, -0.2) is 94.5 Å². The number of carbonyl (C=O) groups is 3. The number of aromatic hydroxyl groups is 2. The number of methoxy groups -OCH3 is 1. The van der Waals surface area contributed by atoms with Crippen molar-refractivity contribution in [1.82, 2.24) is 0 Å². The van der Waals surface area contributed by atoms with Crippen LogP contribution in [0.4, 0.5) is 0 Å². The lowest BCUT2D eigenvalue weighted by molar-refractivity contribution is -0.281. The summed E-state index contributed by atoms with van der Waals surface area (Å²) < 4.78 is 29.5. The van der Waals surface area contributed by atoms with Crippen molar-refractivity contribution in [2.24, 2.45) is 5.73 Å². The number of aliphatic hydroxyl groups excluding tert-OH is 1. The molecule has 6 rings (SSSR count). The second-order valence-electron chi connectivity index (χ2n) is 12.1. The number of hydrogen-bond acceptors (Lipinski definition) is 13. The fraction of sp³-hybridized carbons (Fsp3) is 0.531. The molecule has 1 unspecified atom stereocenters. The van der Waals surface area contributed by atoms with E-state index in [0.29, 0.717) is 6.61 Å². The van der Waals surface area contributed by atoms with Crippen LogP contribution in [0, 0.1) is 0 Å². The summed E-state index contributed by atoms with van der Waals surface area (Å²) >= 11 is 0. The molecule has 45 heavy (non-hydrogen) atoms. The van der Waals surface area contributed by atoms with Crippen molar-refractivity contribution in [2.75, 3.05) is 20.3 Å². The van der Waals surface area contributed by atoms with Gasteiger partial charge in [-0.05, 0) is 32.3 Å². The highest BCUT2D eigenvalue weighted by molar-refractivity contribution is 6.31. The zero-order valence-corrected chi connectivity index (χ0v) is 25.0. The first-order valence-electron chi connectivity index (χ1n) is 15.1. The molecule has 7 atom stereocenters. The van der Waals surface area contributed by atoms with Crippen LogP contribution in [0.2, 0.25) is 0 Å². The number of ketones is 3. The third kappa shape index (κ3) is 5.31. The number of nitrogens with two attached hydrogens (primary N) is 1. The number of phenolic OH excluding ortho intramolecular Hbond substituents is 2. The van der Waals surface area contributed by atoms with E-state index in [9.17, 15) is 34.8 Å². The number of hydrogen-bond donors (Lipinski definition) is 5. The van der Waals surface area contributed by atoms with Crippen molar-refractivity contribution < 1.29 is 58.5 Å². The van der Waals surface area contributed by atoms with Gasteiger partial charge in [-0.15, -0.1) is 0 Å². The van der Waals surface area contributed by atoms with Gasteiger partial charge in [-0.2, -0.15) is 0 Å². The third-order valence-corrected chi connectivity index (χ3v) is 9.22. The van der Waals surface area contributed by atoms with E-state index in [-0.39, 0.29) is 34.4 Å². The van der Waals surface area contributed by atoms with Crippen molar-refractivity contribution in [2.45, 2.75) is 88.0 Å². The molecule has 0 spiro atoms. The summed E-state index contributed by atoms with van der Waals surface area (Å²) in [6.07, 6.45) is -2.03. The van der Waals surface area contributed by atoms with E-state index < -0.39 is 102 Å². The van der Waals surface area contributed by atoms with Crippen molar-refractivity contribution in [3.05, 3.63) is 51.6 Å². The second kappa shape index (κ2) is 12.1. The summed E-state index contributed by atoms with van der Waals surface area (Å²) in [5.41, 5.74) is 2.98. The van der Waals surface area contributed by atoms with E-state index >= 15 is 0 Å². The molecular formula is C32H37NO12. The first-order chi connectivity index (χ1) is 21.5. The Labute approximate surface area is 258 Å². The maximum absolute atomic E-state index is 13.8. The van der Waals surface area contributed by atoms with Crippen LogP contribution in [0.1, 0.15) is 88.1 Å². The highest BCUT2D eigenvalue weighted by Gasteiger charge is 2.50. The molecule has 2 fully saturated rings. The van der Waals surface area contributed by atoms with Crippen LogP contribution in [0.3, 0.4) is 0 Å². The van der Waals surface area contributed by atoms with Gasteiger partial charge in [-0.1, -0.05) is 12.1 Å². The first kappa shape index (κ1) is 31.5. The maximum atomic E-state index is 13.8. The zero-order chi connectivity index (χ0) is 32.2. The zero-order valence-electron chi connectivity index (χ0n) is 25.0. The minimum atomic E-state index is -2.24. The molecule has 2 saturated heterocycles. The number of ether oxygens (including phenoxy) is 5. The van der Waals surface area contributed by atoms with Gasteiger partial charge in [0, 0.05) is 48.6 Å². The number of Topliss-reactive ketones (excluding diaryl/α,β-unsaturated/α-hetero) is 1. The smallest absolute Gasteiger partial charge is 0.202 e. The van der Waals surface area contributed by atoms with Gasteiger partial charge in [0.05, 0.1) is 36.0 Å². The van der Waals surface area contributed by atoms with E-state index in [1.54, 1.807) is 6.92 Å². The molecular weight excluding hydrogens is 590 g/mol. The predicted octanol–water partition coefficient (Wildman–Crippen LogP) is 1.55. The van der Waals surface area contributed by atoms with Crippen LogP contribution in [-0.2, 0) is 30.2 Å². The first-order valence-corrected chi connectivity index (χ1v) is 15.1. The lowest BCUT2D eigenvalue weighted by Gasteiger charge is -2.43. The SMILES string of the molecule is COc1cccc2c1C(=O)c1c(O)c3c(c(O)c1C2=O)C[C@](O)(C(=O)CO)CC3O[C@@H]1C[C@@H](N)[C@@H](O[C@@H]2CCCCO2)[C@@H](C)O1. The fourth-order valence-electron chi connectivity index (χ4n) is 6.95. The average Bonchev–Trinajstić information content (AvgIpc) is 3.02. The molecule has 0 saturated carbocycles. The normalized spacial score (nSPS) is 31.1. The number of aliphatic hydroxyl groups is 2. The molecule has 13 nitrogen and oxygen atoms in total. The Balaban J connectivity index is 1.38. The number of fused-ring (bicyclic) bond motifs is 3. The van der Waals surface area contributed by atoms with Gasteiger partial charge >= 0.3 is 0 Å². The Hall–Kier alpha value is -3.43. The minimum Gasteiger partial charge on any atom is -0.507 e. The van der Waals surface area contributed by atoms with Gasteiger partial charge in [-0.25, -0.2) is 0 Å². The largest absolute Gasteiger partial charge is 0.507 e. The Morgan fingerprint density at radius 1 is 1.07 bits per heavy atom. The average molecular weight is 628 g/mol. The van der Waals surface area contributed by atoms with Crippen LogP contribution < -0.4 is 10.5 Å². The second-order valence-corrected chi connectivity index (χ2v) is 12.1. The van der Waals surface area contributed by atoms with Crippen LogP contribution in [0.25, 0.3) is 0 Å². The summed E-state index contributed by atoms with van der Waals surface area (Å²) in [5.74, 6) is -3.67. The molecule has 2 heterocycles. The topological polar surface area (TPSA) is 204 Å². The van der Waals surface area contributed by atoms with Gasteiger partial charge < -0.3 is 49.8 Å². The molecule has 0 bridgehead atoms. The molecule has 6 N–H and O–H groups in total. The number of carbonyl (C=O) groups excluding carboxylic acids is 3. The fourth-order valence-corrected chi connectivity index (χ4v) is 6.95. The third-order valence-electron chi connectivity index (χ3n) is 9.22. The van der Waals surface area contributed by atoms with Gasteiger partial charge in [0.2, 0.25) is 5.78 Å². The van der Waals surface area contributed by atoms with Gasteiger partial charge in [-0.3, -0.25) is 14.4 Å². The number of benzene rings is 2. The Morgan fingerprint density at radius 3 is 2.49 bits per heavy atom. The number of rotatable bonds is 7. The molecule has 0 aromatic heterocycles. The van der Waals surface area contributed by atoms with Crippen molar-refractivity contribution >= 4 is 17.3 Å². The van der Waals surface area contributed by atoms with E-state index in [2.05, 4.69) is 0 Å². The molecule has 0 radical (unpaired) electrons. The summed E-state index contributed by atoms with van der Waals surface area (Å²) in [7, 11) is 1.34. The molecule has 2 aliphatic carbocycles. The Kier molecular flexibility index (Phi) is 8.46. The van der Waals surface area contributed by atoms with Crippen LogP contribution in [0.15, 0.2) is 18.2 Å². The van der Waals surface area contributed by atoms with Crippen LogP contribution in [0.5, 0.6) is 17.2 Å². The molecule has 2 aromatic carbocycles. The standard InChI is InChI=1S/C32H37NO12/c1-14-31(45-21-8-3-4-9-42-21)17(33)10-22(43-14)44-19-12-32(40,20(35)13-34)11-16-24(19)30(39)26-25(28(16)37)27(36)15-6-5-7-18(41-2)23(15)29(26)38/h5-7,14,17,19,21-22,31,34,37,39-40H,3-4,8-13,33H2,1-2H3/t14-,17-,19?,21-,22-,31+,32-/m1/s1. The monoisotopic (exact) mass is 627 g/mol. The van der Waals surface area contributed by atoms with Crippen molar-refractivity contribution in [1.29, 1.82) is 0 Å². The van der Waals surface area contributed by atoms with Gasteiger partial charge in [0.25, 0.3) is 0 Å². The summed E-state index contributed by atoms with van der Waals surface area (Å²) in [4.78, 5) is 40.2. The van der Waals surface area contributed by atoms with Crippen molar-refractivity contribution in [3.8, 4) is 17.2 Å². The molecule has 4 aliphatic rings. The van der Waals surface area contributed by atoms with Gasteiger partial charge in [0.1, 0.15) is 35.6 Å². The van der Waals surface area contributed by atoms with E-state index in [1.807, 2.05) is 0 Å². The molecule has 242 valence electrons. The number of phenols is 2. The lowest BCUT2D eigenvalue weighted by Crippen LogP contribution is -2.55. The molecule has 2 aliphatic heterocycles.